The number of ether oxygens (including phenoxy) is 2. The van der Waals surface area contributed by atoms with Crippen LogP contribution < -0.4 is 5.73 Å². The maximum atomic E-state index is 13.6. The first kappa shape index (κ1) is 13.8. The molecule has 0 amide bonds. The summed E-state index contributed by atoms with van der Waals surface area (Å²) in [5.41, 5.74) is 5.54. The van der Waals surface area contributed by atoms with E-state index in [1.165, 1.54) is 18.2 Å². The van der Waals surface area contributed by atoms with Gasteiger partial charge in [0.05, 0.1) is 6.10 Å². The molecule has 0 aliphatic heterocycles. The van der Waals surface area contributed by atoms with Crippen molar-refractivity contribution in [3.05, 3.63) is 29.6 Å². The van der Waals surface area contributed by atoms with Gasteiger partial charge in [-0.3, -0.25) is 0 Å². The Kier molecular flexibility index (Phi) is 4.37. The molecule has 0 bridgehead atoms. The molecular weight excluding hydrogens is 249 g/mol. The van der Waals surface area contributed by atoms with Crippen LogP contribution in [0.1, 0.15) is 36.0 Å². The molecule has 2 unspecified atom stereocenters. The summed E-state index contributed by atoms with van der Waals surface area (Å²) in [6.45, 7) is 0. The van der Waals surface area contributed by atoms with Crippen LogP contribution in [0, 0.1) is 5.82 Å². The van der Waals surface area contributed by atoms with Crippen LogP contribution in [0.4, 0.5) is 10.1 Å². The minimum Gasteiger partial charge on any atom is -0.459 e. The molecule has 0 spiro atoms. The van der Waals surface area contributed by atoms with Gasteiger partial charge in [-0.05, 0) is 31.4 Å². The third kappa shape index (κ3) is 3.23. The lowest BCUT2D eigenvalue weighted by molar-refractivity contribution is -0.0151. The van der Waals surface area contributed by atoms with Crippen LogP contribution in [0.15, 0.2) is 18.2 Å². The van der Waals surface area contributed by atoms with Crippen molar-refractivity contribution in [3.63, 3.8) is 0 Å². The topological polar surface area (TPSA) is 61.5 Å². The van der Waals surface area contributed by atoms with Gasteiger partial charge in [-0.15, -0.1) is 0 Å². The van der Waals surface area contributed by atoms with Crippen LogP contribution in [-0.2, 0) is 9.47 Å². The largest absolute Gasteiger partial charge is 0.459 e. The van der Waals surface area contributed by atoms with Crippen molar-refractivity contribution in [2.24, 2.45) is 0 Å². The number of anilines is 1. The minimum atomic E-state index is -0.697. The number of halogens is 1. The van der Waals surface area contributed by atoms with Crippen LogP contribution in [0.2, 0.25) is 0 Å². The second kappa shape index (κ2) is 6.02. The summed E-state index contributed by atoms with van der Waals surface area (Å²) in [6.07, 6.45) is 3.20. The molecule has 104 valence electrons. The van der Waals surface area contributed by atoms with Gasteiger partial charge in [0.25, 0.3) is 0 Å². The molecule has 1 aliphatic carbocycles. The first-order valence-corrected chi connectivity index (χ1v) is 6.39. The highest BCUT2D eigenvalue weighted by Gasteiger charge is 2.26. The zero-order chi connectivity index (χ0) is 13.8. The number of benzene rings is 1. The molecule has 0 aromatic heterocycles. The van der Waals surface area contributed by atoms with E-state index in [4.69, 9.17) is 15.2 Å². The van der Waals surface area contributed by atoms with Gasteiger partial charge in [0.15, 0.2) is 0 Å². The zero-order valence-corrected chi connectivity index (χ0v) is 10.9. The first-order valence-electron chi connectivity index (χ1n) is 6.39. The van der Waals surface area contributed by atoms with Crippen molar-refractivity contribution in [2.75, 3.05) is 12.8 Å². The third-order valence-corrected chi connectivity index (χ3v) is 3.43. The molecule has 5 heteroatoms. The maximum absolute atomic E-state index is 13.6. The Morgan fingerprint density at radius 3 is 2.79 bits per heavy atom. The van der Waals surface area contributed by atoms with E-state index in [-0.39, 0.29) is 23.5 Å². The van der Waals surface area contributed by atoms with E-state index >= 15 is 0 Å². The van der Waals surface area contributed by atoms with Crippen LogP contribution in [-0.4, -0.2) is 25.3 Å². The number of hydrogen-bond donors (Lipinski definition) is 1. The predicted molar refractivity (Wildman–Crippen MR) is 69.3 cm³/mol. The van der Waals surface area contributed by atoms with Crippen LogP contribution in [0.25, 0.3) is 0 Å². The molecule has 1 saturated carbocycles. The fourth-order valence-electron chi connectivity index (χ4n) is 2.39. The lowest BCUT2D eigenvalue weighted by Crippen LogP contribution is -2.29. The third-order valence-electron chi connectivity index (χ3n) is 3.43. The number of carbonyl (C=O) groups is 1. The SMILES string of the molecule is COC1CCCC(OC(=O)c2c(N)cccc2F)C1. The number of carbonyl (C=O) groups excluding carboxylic acids is 1. The van der Waals surface area contributed by atoms with Gasteiger partial charge in [0.1, 0.15) is 17.5 Å². The molecule has 0 heterocycles. The number of nitrogen functional groups attached to an aromatic ring is 1. The van der Waals surface area contributed by atoms with E-state index in [2.05, 4.69) is 0 Å². The van der Waals surface area contributed by atoms with Gasteiger partial charge >= 0.3 is 5.97 Å². The highest BCUT2D eigenvalue weighted by Crippen LogP contribution is 2.25. The van der Waals surface area contributed by atoms with Crippen molar-refractivity contribution in [3.8, 4) is 0 Å². The highest BCUT2D eigenvalue weighted by atomic mass is 19.1. The Morgan fingerprint density at radius 2 is 2.11 bits per heavy atom. The number of rotatable bonds is 3. The molecule has 2 N–H and O–H groups in total. The zero-order valence-electron chi connectivity index (χ0n) is 10.9. The van der Waals surface area contributed by atoms with E-state index in [9.17, 15) is 9.18 Å². The van der Waals surface area contributed by atoms with Gasteiger partial charge in [-0.2, -0.15) is 0 Å². The monoisotopic (exact) mass is 267 g/mol. The van der Waals surface area contributed by atoms with E-state index < -0.39 is 11.8 Å². The Labute approximate surface area is 111 Å². The smallest absolute Gasteiger partial charge is 0.343 e. The fourth-order valence-corrected chi connectivity index (χ4v) is 2.39. The quantitative estimate of drug-likeness (QED) is 0.675. The van der Waals surface area contributed by atoms with E-state index in [1.807, 2.05) is 0 Å². The summed E-state index contributed by atoms with van der Waals surface area (Å²) in [7, 11) is 1.64. The molecule has 2 rings (SSSR count). The highest BCUT2D eigenvalue weighted by molar-refractivity contribution is 5.95. The first-order chi connectivity index (χ1) is 9.11. The summed E-state index contributed by atoms with van der Waals surface area (Å²) in [4.78, 5) is 12.0. The van der Waals surface area contributed by atoms with Gasteiger partial charge < -0.3 is 15.2 Å². The van der Waals surface area contributed by atoms with E-state index in [0.717, 1.165) is 19.3 Å². The second-order valence-corrected chi connectivity index (χ2v) is 4.76. The summed E-state index contributed by atoms with van der Waals surface area (Å²) in [6, 6.07) is 4.15. The van der Waals surface area contributed by atoms with Crippen LogP contribution in [0.3, 0.4) is 0 Å². The fraction of sp³-hybridized carbons (Fsp3) is 0.500. The van der Waals surface area contributed by atoms with Gasteiger partial charge in [0.2, 0.25) is 0 Å². The Morgan fingerprint density at radius 1 is 1.37 bits per heavy atom. The van der Waals surface area contributed by atoms with Crippen molar-refractivity contribution in [1.82, 2.24) is 0 Å². The summed E-state index contributed by atoms with van der Waals surface area (Å²) in [5, 5.41) is 0. The lowest BCUT2D eigenvalue weighted by atomic mass is 9.95. The molecule has 1 aromatic carbocycles. The Balaban J connectivity index is 2.05. The number of methoxy groups -OCH3 is 1. The summed E-state index contributed by atoms with van der Waals surface area (Å²) in [5.74, 6) is -1.35. The summed E-state index contributed by atoms with van der Waals surface area (Å²) >= 11 is 0. The summed E-state index contributed by atoms with van der Waals surface area (Å²) < 4.78 is 24.2. The van der Waals surface area contributed by atoms with Crippen molar-refractivity contribution >= 4 is 11.7 Å². The number of nitrogens with two attached hydrogens (primary N) is 1. The van der Waals surface area contributed by atoms with Crippen molar-refractivity contribution in [1.29, 1.82) is 0 Å². The predicted octanol–water partition coefficient (Wildman–Crippen LogP) is 2.52. The van der Waals surface area contributed by atoms with E-state index in [0.29, 0.717) is 6.42 Å². The number of esters is 1. The maximum Gasteiger partial charge on any atom is 0.343 e. The number of hydrogen-bond acceptors (Lipinski definition) is 4. The molecule has 19 heavy (non-hydrogen) atoms. The molecule has 4 nitrogen and oxygen atoms in total. The van der Waals surface area contributed by atoms with Crippen molar-refractivity contribution < 1.29 is 18.7 Å². The molecular formula is C14H18FNO3. The normalized spacial score (nSPS) is 23.1. The standard InChI is InChI=1S/C14H18FNO3/c1-18-9-4-2-5-10(8-9)19-14(17)13-11(15)6-3-7-12(13)16/h3,6-7,9-10H,2,4-5,8,16H2,1H3. The lowest BCUT2D eigenvalue weighted by Gasteiger charge is -2.28. The van der Waals surface area contributed by atoms with Crippen LogP contribution >= 0.6 is 0 Å². The molecule has 1 aliphatic rings. The molecule has 1 fully saturated rings. The van der Waals surface area contributed by atoms with Crippen LogP contribution in [0.5, 0.6) is 0 Å². The van der Waals surface area contributed by atoms with Gasteiger partial charge in [-0.25, -0.2) is 9.18 Å². The Bertz CT molecular complexity index is 444. The molecule has 2 atom stereocenters. The minimum absolute atomic E-state index is 0.101. The molecule has 0 saturated heterocycles. The average molecular weight is 267 g/mol. The Hall–Kier alpha value is -1.62. The van der Waals surface area contributed by atoms with Crippen molar-refractivity contribution in [2.45, 2.75) is 37.9 Å². The average Bonchev–Trinajstić information content (AvgIpc) is 2.38. The van der Waals surface area contributed by atoms with Gasteiger partial charge in [-0.1, -0.05) is 6.07 Å². The molecule has 1 aromatic rings. The second-order valence-electron chi connectivity index (χ2n) is 4.76. The molecule has 0 radical (unpaired) electrons. The van der Waals surface area contributed by atoms with E-state index in [1.54, 1.807) is 7.11 Å². The van der Waals surface area contributed by atoms with Gasteiger partial charge in [0, 0.05) is 19.2 Å².